The lowest BCUT2D eigenvalue weighted by Gasteiger charge is -2.43. The van der Waals surface area contributed by atoms with Crippen molar-refractivity contribution in [1.29, 1.82) is 0 Å². The van der Waals surface area contributed by atoms with Gasteiger partial charge in [-0.1, -0.05) is 18.0 Å². The van der Waals surface area contributed by atoms with Crippen molar-refractivity contribution in [2.45, 2.75) is 31.8 Å². The average Bonchev–Trinajstić information content (AvgIpc) is 2.94. The van der Waals surface area contributed by atoms with E-state index in [9.17, 15) is 9.59 Å². The van der Waals surface area contributed by atoms with Crippen molar-refractivity contribution in [2.24, 2.45) is 0 Å². The lowest BCUT2D eigenvalue weighted by molar-refractivity contribution is 0.0661. The van der Waals surface area contributed by atoms with E-state index in [0.717, 1.165) is 37.9 Å². The minimum Gasteiger partial charge on any atom is -0.354 e. The van der Waals surface area contributed by atoms with Crippen LogP contribution in [0.2, 0.25) is 5.02 Å². The van der Waals surface area contributed by atoms with Crippen molar-refractivity contribution in [3.05, 3.63) is 58.6 Å². The fourth-order valence-electron chi connectivity index (χ4n) is 3.93. The van der Waals surface area contributed by atoms with Crippen molar-refractivity contribution in [2.75, 3.05) is 23.8 Å². The van der Waals surface area contributed by atoms with Crippen LogP contribution in [-0.4, -0.2) is 36.5 Å². The van der Waals surface area contributed by atoms with Crippen molar-refractivity contribution >= 4 is 34.8 Å². The number of nitrogens with zero attached hydrogens (tertiary/aromatic N) is 2. The van der Waals surface area contributed by atoms with Gasteiger partial charge in [-0.15, -0.1) is 0 Å². The summed E-state index contributed by atoms with van der Waals surface area (Å²) in [7, 11) is 2.01. The van der Waals surface area contributed by atoms with Crippen LogP contribution in [0.4, 0.5) is 11.4 Å². The number of anilines is 2. The number of carbonyl (C=O) groups excluding carboxylic acids is 2. The summed E-state index contributed by atoms with van der Waals surface area (Å²) in [4.78, 5) is 29.7. The first kappa shape index (κ1) is 17.9. The van der Waals surface area contributed by atoms with Gasteiger partial charge in [-0.2, -0.15) is 0 Å². The van der Waals surface area contributed by atoms with Crippen molar-refractivity contribution in [3.8, 4) is 0 Å². The first-order chi connectivity index (χ1) is 13.0. The van der Waals surface area contributed by atoms with Crippen LogP contribution in [0.5, 0.6) is 0 Å². The van der Waals surface area contributed by atoms with Gasteiger partial charge in [0.15, 0.2) is 0 Å². The predicted octanol–water partition coefficient (Wildman–Crippen LogP) is 4.38. The normalized spacial score (nSPS) is 19.2. The lowest BCUT2D eigenvalue weighted by Crippen LogP contribution is -2.53. The Labute approximate surface area is 163 Å². The Morgan fingerprint density at radius 3 is 2.67 bits per heavy atom. The maximum absolute atomic E-state index is 12.9. The van der Waals surface area contributed by atoms with E-state index in [4.69, 9.17) is 11.6 Å². The highest BCUT2D eigenvalue weighted by Gasteiger charge is 2.36. The van der Waals surface area contributed by atoms with Crippen molar-refractivity contribution in [1.82, 2.24) is 4.90 Å². The molecule has 6 heteroatoms. The summed E-state index contributed by atoms with van der Waals surface area (Å²) in [6.07, 6.45) is 4.35. The third-order valence-electron chi connectivity index (χ3n) is 5.40. The van der Waals surface area contributed by atoms with E-state index in [-0.39, 0.29) is 18.0 Å². The first-order valence-corrected chi connectivity index (χ1v) is 9.67. The van der Waals surface area contributed by atoms with Gasteiger partial charge in [0.05, 0.1) is 11.3 Å². The molecule has 0 bridgehead atoms. The molecule has 4 rings (SSSR count). The summed E-state index contributed by atoms with van der Waals surface area (Å²) in [6, 6.07) is 12.3. The van der Waals surface area contributed by atoms with Crippen LogP contribution < -0.4 is 10.2 Å². The fraction of sp³-hybridized carbons (Fsp3) is 0.333. The molecule has 0 radical (unpaired) electrons. The molecule has 1 saturated heterocycles. The first-order valence-electron chi connectivity index (χ1n) is 9.29. The lowest BCUT2D eigenvalue weighted by atomic mass is 10.0. The van der Waals surface area contributed by atoms with Crippen LogP contribution in [-0.2, 0) is 0 Å². The second-order valence-electron chi connectivity index (χ2n) is 7.13. The third-order valence-corrected chi connectivity index (χ3v) is 5.65. The number of hydrogen-bond acceptors (Lipinski definition) is 3. The van der Waals surface area contributed by atoms with Crippen LogP contribution in [0, 0.1) is 0 Å². The van der Waals surface area contributed by atoms with E-state index >= 15 is 0 Å². The van der Waals surface area contributed by atoms with E-state index in [0.29, 0.717) is 21.8 Å². The molecule has 2 amide bonds. The molecule has 0 spiro atoms. The Bertz CT molecular complexity index is 881. The zero-order chi connectivity index (χ0) is 19.0. The molecule has 2 aromatic rings. The maximum Gasteiger partial charge on any atom is 0.257 e. The van der Waals surface area contributed by atoms with Crippen LogP contribution in [0.15, 0.2) is 42.5 Å². The third kappa shape index (κ3) is 3.39. The van der Waals surface area contributed by atoms with Gasteiger partial charge in [0, 0.05) is 29.9 Å². The van der Waals surface area contributed by atoms with E-state index < -0.39 is 0 Å². The van der Waals surface area contributed by atoms with E-state index in [1.54, 1.807) is 36.4 Å². The molecule has 27 heavy (non-hydrogen) atoms. The number of halogens is 1. The van der Waals surface area contributed by atoms with Gasteiger partial charge in [0.2, 0.25) is 0 Å². The molecule has 0 saturated carbocycles. The van der Waals surface area contributed by atoms with Gasteiger partial charge in [-0.05, 0) is 61.7 Å². The highest BCUT2D eigenvalue weighted by Crippen LogP contribution is 2.34. The molecule has 2 aliphatic heterocycles. The molecule has 1 atom stereocenters. The van der Waals surface area contributed by atoms with Gasteiger partial charge in [0.25, 0.3) is 11.8 Å². The summed E-state index contributed by atoms with van der Waals surface area (Å²) in [5.74, 6) is -0.135. The second kappa shape index (κ2) is 7.24. The fourth-order valence-corrected chi connectivity index (χ4v) is 4.05. The monoisotopic (exact) mass is 383 g/mol. The number of fused-ring (bicyclic) bond motifs is 2. The molecule has 140 valence electrons. The Balaban J connectivity index is 1.62. The number of nitrogens with one attached hydrogen (secondary N) is 1. The highest BCUT2D eigenvalue weighted by molar-refractivity contribution is 6.30. The van der Waals surface area contributed by atoms with E-state index in [1.165, 1.54) is 0 Å². The molecule has 2 aliphatic rings. The Morgan fingerprint density at radius 2 is 1.89 bits per heavy atom. The summed E-state index contributed by atoms with van der Waals surface area (Å²) in [5, 5.41) is 3.49. The predicted molar refractivity (Wildman–Crippen MR) is 108 cm³/mol. The molecule has 5 nitrogen and oxygen atoms in total. The largest absolute Gasteiger partial charge is 0.354 e. The number of hydrogen-bond donors (Lipinski definition) is 1. The zero-order valence-corrected chi connectivity index (χ0v) is 16.0. The van der Waals surface area contributed by atoms with Crippen LogP contribution in [0.25, 0.3) is 0 Å². The number of rotatable bonds is 2. The van der Waals surface area contributed by atoms with Gasteiger partial charge < -0.3 is 15.1 Å². The smallest absolute Gasteiger partial charge is 0.257 e. The summed E-state index contributed by atoms with van der Waals surface area (Å²) < 4.78 is 0. The molecular weight excluding hydrogens is 362 g/mol. The van der Waals surface area contributed by atoms with Gasteiger partial charge in [-0.3, -0.25) is 9.59 Å². The minimum atomic E-state index is -0.204. The molecule has 1 N–H and O–H groups in total. The van der Waals surface area contributed by atoms with Crippen molar-refractivity contribution in [3.63, 3.8) is 0 Å². The molecule has 0 aliphatic carbocycles. The Morgan fingerprint density at radius 1 is 1.11 bits per heavy atom. The van der Waals surface area contributed by atoms with Crippen LogP contribution in [0.3, 0.4) is 0 Å². The summed E-state index contributed by atoms with van der Waals surface area (Å²) in [5.41, 5.74) is 2.71. The number of benzene rings is 2. The quantitative estimate of drug-likeness (QED) is 0.837. The van der Waals surface area contributed by atoms with Crippen LogP contribution in [0.1, 0.15) is 46.4 Å². The number of amides is 2. The average molecular weight is 384 g/mol. The van der Waals surface area contributed by atoms with E-state index in [2.05, 4.69) is 10.2 Å². The summed E-state index contributed by atoms with van der Waals surface area (Å²) >= 11 is 5.89. The standard InChI is InChI=1S/C21H22ClN3O2/c1-24-18-13-14(20(26)23-16-9-7-15(22)8-10-16)6-11-17(18)21(27)25-12-4-2-3-5-19(24)25/h6-11,13,19H,2-5,12H2,1H3,(H,23,26). The molecule has 2 aromatic carbocycles. The second-order valence-corrected chi connectivity index (χ2v) is 7.57. The molecule has 0 aromatic heterocycles. The topological polar surface area (TPSA) is 52.7 Å². The number of carbonyl (C=O) groups is 2. The Kier molecular flexibility index (Phi) is 4.79. The zero-order valence-electron chi connectivity index (χ0n) is 15.2. The Hall–Kier alpha value is -2.53. The van der Waals surface area contributed by atoms with Crippen LogP contribution >= 0.6 is 11.6 Å². The molecule has 1 fully saturated rings. The molecule has 1 unspecified atom stereocenters. The van der Waals surface area contributed by atoms with Crippen molar-refractivity contribution < 1.29 is 9.59 Å². The highest BCUT2D eigenvalue weighted by atomic mass is 35.5. The minimum absolute atomic E-state index is 0.0691. The molecular formula is C21H22ClN3O2. The van der Waals surface area contributed by atoms with E-state index in [1.807, 2.05) is 18.0 Å². The van der Waals surface area contributed by atoms with Gasteiger partial charge in [-0.25, -0.2) is 0 Å². The molecule has 2 heterocycles. The SMILES string of the molecule is CN1c2cc(C(=O)Nc3ccc(Cl)cc3)ccc2C(=O)N2CCCCCC21. The van der Waals surface area contributed by atoms with Gasteiger partial charge >= 0.3 is 0 Å². The maximum atomic E-state index is 12.9. The summed E-state index contributed by atoms with van der Waals surface area (Å²) in [6.45, 7) is 0.798. The van der Waals surface area contributed by atoms with Gasteiger partial charge in [0.1, 0.15) is 6.17 Å².